The molecule has 0 atom stereocenters. The smallest absolute Gasteiger partial charge is 0.135 e. The van der Waals surface area contributed by atoms with Crippen molar-refractivity contribution < 1.29 is 4.42 Å². The number of benzene rings is 10. The molecule has 0 N–H and O–H groups in total. The van der Waals surface area contributed by atoms with Gasteiger partial charge in [-0.1, -0.05) is 146 Å². The van der Waals surface area contributed by atoms with Crippen LogP contribution in [0.25, 0.3) is 110 Å². The van der Waals surface area contributed by atoms with Crippen molar-refractivity contribution in [3.8, 4) is 44.5 Å². The molecule has 0 aliphatic heterocycles. The Morgan fingerprint density at radius 2 is 0.679 bits per heavy atom. The van der Waals surface area contributed by atoms with Crippen LogP contribution in [-0.2, 0) is 0 Å². The van der Waals surface area contributed by atoms with Crippen molar-refractivity contribution >= 4 is 65.0 Å². The molecule has 0 saturated heterocycles. The monoisotopic (exact) mass is 672 g/mol. The first-order chi connectivity index (χ1) is 26.2. The fourth-order valence-corrected chi connectivity index (χ4v) is 8.35. The number of hydrogen-bond acceptors (Lipinski definition) is 1. The first kappa shape index (κ1) is 29.7. The van der Waals surface area contributed by atoms with E-state index in [0.29, 0.717) is 0 Å². The van der Waals surface area contributed by atoms with Gasteiger partial charge in [0, 0.05) is 10.8 Å². The molecule has 53 heavy (non-hydrogen) atoms. The fraction of sp³-hybridized carbons (Fsp3) is 0. The van der Waals surface area contributed by atoms with Gasteiger partial charge in [0.2, 0.25) is 0 Å². The van der Waals surface area contributed by atoms with E-state index in [1.54, 1.807) is 0 Å². The van der Waals surface area contributed by atoms with Crippen molar-refractivity contribution in [3.63, 3.8) is 0 Å². The van der Waals surface area contributed by atoms with Gasteiger partial charge in [0.05, 0.1) is 0 Å². The lowest BCUT2D eigenvalue weighted by molar-refractivity contribution is 0.669. The fourth-order valence-electron chi connectivity index (χ4n) is 8.35. The predicted octanol–water partition coefficient (Wildman–Crippen LogP) is 14.9. The van der Waals surface area contributed by atoms with Crippen molar-refractivity contribution in [3.05, 3.63) is 194 Å². The van der Waals surface area contributed by atoms with Crippen molar-refractivity contribution in [1.82, 2.24) is 0 Å². The van der Waals surface area contributed by atoms with Gasteiger partial charge in [-0.2, -0.15) is 0 Å². The number of hydrogen-bond donors (Lipinski definition) is 0. The molecule has 0 unspecified atom stereocenters. The first-order valence-corrected chi connectivity index (χ1v) is 18.2. The van der Waals surface area contributed by atoms with Gasteiger partial charge in [0.15, 0.2) is 0 Å². The van der Waals surface area contributed by atoms with E-state index in [9.17, 15) is 0 Å². The SMILES string of the molecule is c1ccc(-c2cc3ccccc3c3ccccc23)c(-c2ccc3cc(-c4ccc5oc6ccc(-c7ccc8ccccc8c7)cc6c5c4)ccc3c2)c1. The molecule has 246 valence electrons. The minimum absolute atomic E-state index is 0.905. The minimum Gasteiger partial charge on any atom is -0.456 e. The molecular weight excluding hydrogens is 641 g/mol. The topological polar surface area (TPSA) is 13.1 Å². The highest BCUT2D eigenvalue weighted by Gasteiger charge is 2.15. The van der Waals surface area contributed by atoms with Crippen molar-refractivity contribution in [1.29, 1.82) is 0 Å². The van der Waals surface area contributed by atoms with Crippen LogP contribution in [0.4, 0.5) is 0 Å². The molecule has 1 nitrogen and oxygen atoms in total. The Morgan fingerprint density at radius 1 is 0.226 bits per heavy atom. The van der Waals surface area contributed by atoms with Gasteiger partial charge in [-0.3, -0.25) is 0 Å². The van der Waals surface area contributed by atoms with E-state index in [-0.39, 0.29) is 0 Å². The van der Waals surface area contributed by atoms with Crippen LogP contribution in [-0.4, -0.2) is 0 Å². The Labute approximate surface area is 307 Å². The maximum Gasteiger partial charge on any atom is 0.135 e. The lowest BCUT2D eigenvalue weighted by Crippen LogP contribution is -1.89. The third-order valence-corrected chi connectivity index (χ3v) is 11.0. The van der Waals surface area contributed by atoms with Crippen molar-refractivity contribution in [2.75, 3.05) is 0 Å². The number of rotatable bonds is 4. The second kappa shape index (κ2) is 11.8. The average molecular weight is 673 g/mol. The van der Waals surface area contributed by atoms with Gasteiger partial charge in [-0.15, -0.1) is 0 Å². The molecule has 0 spiro atoms. The van der Waals surface area contributed by atoms with Crippen LogP contribution in [0.2, 0.25) is 0 Å². The van der Waals surface area contributed by atoms with Crippen LogP contribution in [0, 0.1) is 0 Å². The lowest BCUT2D eigenvalue weighted by atomic mass is 9.88. The van der Waals surface area contributed by atoms with Crippen LogP contribution in [0.5, 0.6) is 0 Å². The van der Waals surface area contributed by atoms with Gasteiger partial charge >= 0.3 is 0 Å². The van der Waals surface area contributed by atoms with Gasteiger partial charge in [-0.25, -0.2) is 0 Å². The maximum atomic E-state index is 6.32. The Hall–Kier alpha value is -6.96. The number of furan rings is 1. The van der Waals surface area contributed by atoms with E-state index < -0.39 is 0 Å². The van der Waals surface area contributed by atoms with Gasteiger partial charge in [0.25, 0.3) is 0 Å². The second-order valence-electron chi connectivity index (χ2n) is 14.1. The normalized spacial score (nSPS) is 11.8. The van der Waals surface area contributed by atoms with Gasteiger partial charge in [-0.05, 0) is 136 Å². The van der Waals surface area contributed by atoms with E-state index >= 15 is 0 Å². The first-order valence-electron chi connectivity index (χ1n) is 18.2. The summed E-state index contributed by atoms with van der Waals surface area (Å²) < 4.78 is 6.32. The molecule has 11 aromatic rings. The molecular formula is C52H32O. The average Bonchev–Trinajstić information content (AvgIpc) is 3.60. The summed E-state index contributed by atoms with van der Waals surface area (Å²) in [6.07, 6.45) is 0. The molecule has 1 heteroatoms. The quantitative estimate of drug-likeness (QED) is 0.170. The zero-order valence-electron chi connectivity index (χ0n) is 28.9. The Bertz CT molecular complexity index is 3230. The highest BCUT2D eigenvalue weighted by molar-refractivity contribution is 6.15. The van der Waals surface area contributed by atoms with E-state index in [2.05, 4.69) is 194 Å². The molecule has 0 aliphatic carbocycles. The molecule has 10 aromatic carbocycles. The lowest BCUT2D eigenvalue weighted by Gasteiger charge is -2.15. The van der Waals surface area contributed by atoms with Gasteiger partial charge < -0.3 is 4.42 Å². The van der Waals surface area contributed by atoms with E-state index in [4.69, 9.17) is 4.42 Å². The van der Waals surface area contributed by atoms with Crippen molar-refractivity contribution in [2.45, 2.75) is 0 Å². The third kappa shape index (κ3) is 4.93. The summed E-state index contributed by atoms with van der Waals surface area (Å²) in [6.45, 7) is 0. The molecule has 0 radical (unpaired) electrons. The largest absolute Gasteiger partial charge is 0.456 e. The molecule has 0 aliphatic rings. The van der Waals surface area contributed by atoms with Crippen LogP contribution in [0.3, 0.4) is 0 Å². The Morgan fingerprint density at radius 3 is 1.38 bits per heavy atom. The molecule has 1 aromatic heterocycles. The van der Waals surface area contributed by atoms with Crippen LogP contribution < -0.4 is 0 Å². The molecule has 11 rings (SSSR count). The second-order valence-corrected chi connectivity index (χ2v) is 14.1. The highest BCUT2D eigenvalue weighted by atomic mass is 16.3. The summed E-state index contributed by atoms with van der Waals surface area (Å²) in [5.74, 6) is 0. The summed E-state index contributed by atoms with van der Waals surface area (Å²) in [6, 6.07) is 70.7. The molecule has 0 amide bonds. The minimum atomic E-state index is 0.905. The highest BCUT2D eigenvalue weighted by Crippen LogP contribution is 2.41. The van der Waals surface area contributed by atoms with Crippen LogP contribution >= 0.6 is 0 Å². The summed E-state index contributed by atoms with van der Waals surface area (Å²) in [4.78, 5) is 0. The van der Waals surface area contributed by atoms with Crippen LogP contribution in [0.15, 0.2) is 199 Å². The summed E-state index contributed by atoms with van der Waals surface area (Å²) in [5.41, 5.74) is 11.5. The van der Waals surface area contributed by atoms with E-state index in [1.807, 2.05) is 0 Å². The standard InChI is InChI=1S/C52H32O/c1-2-10-34-27-36(18-17-33(34)9-1)39-23-25-51-49(30-39)50-31-40(24-26-52(50)53-51)37-19-20-38-29-42(22-21-35(38)28-37)44-13-5-6-15-46(44)48-32-41-11-3-4-12-43(41)45-14-7-8-16-47(45)48/h1-32H. The van der Waals surface area contributed by atoms with E-state index in [1.165, 1.54) is 87.6 Å². The maximum absolute atomic E-state index is 6.32. The Balaban J connectivity index is 0.976. The summed E-state index contributed by atoms with van der Waals surface area (Å²) >= 11 is 0. The molecule has 0 bridgehead atoms. The number of fused-ring (bicyclic) bond motifs is 8. The predicted molar refractivity (Wildman–Crippen MR) is 225 cm³/mol. The van der Waals surface area contributed by atoms with E-state index in [0.717, 1.165) is 21.9 Å². The molecule has 0 fully saturated rings. The van der Waals surface area contributed by atoms with Crippen molar-refractivity contribution in [2.24, 2.45) is 0 Å². The summed E-state index contributed by atoms with van der Waals surface area (Å²) in [7, 11) is 0. The Kier molecular flexibility index (Phi) is 6.62. The summed E-state index contributed by atoms with van der Waals surface area (Å²) in [5, 5.41) is 12.3. The van der Waals surface area contributed by atoms with Gasteiger partial charge in [0.1, 0.15) is 11.2 Å². The molecule has 0 saturated carbocycles. The molecule has 1 heterocycles. The van der Waals surface area contributed by atoms with Crippen LogP contribution in [0.1, 0.15) is 0 Å². The zero-order chi connectivity index (χ0) is 34.9. The zero-order valence-corrected chi connectivity index (χ0v) is 28.9. The third-order valence-electron chi connectivity index (χ3n) is 11.0.